The summed E-state index contributed by atoms with van der Waals surface area (Å²) in [5, 5.41) is 9.34. The minimum atomic E-state index is -4.49. The molecule has 5 heteroatoms. The largest absolute Gasteiger partial charge is 0.394 e. The number of hydrogen-bond acceptors (Lipinski definition) is 2. The Hall–Kier alpha value is -1.36. The number of ketones is 1. The molecule has 2 nitrogen and oxygen atoms in total. The van der Waals surface area contributed by atoms with Crippen LogP contribution in [-0.4, -0.2) is 23.2 Å². The zero-order chi connectivity index (χ0) is 13.1. The third-order valence-corrected chi connectivity index (χ3v) is 2.58. The Labute approximate surface area is 97.1 Å². The number of Topliss-reactive ketones (excluding diaryl/α,β-unsaturated/α-hetero) is 1. The molecule has 0 aromatic heterocycles. The predicted molar refractivity (Wildman–Crippen MR) is 56.6 cm³/mol. The molecule has 2 atom stereocenters. The van der Waals surface area contributed by atoms with Gasteiger partial charge in [-0.25, -0.2) is 0 Å². The summed E-state index contributed by atoms with van der Waals surface area (Å²) in [7, 11) is 0. The van der Waals surface area contributed by atoms with Crippen LogP contribution in [0, 0.1) is 5.92 Å². The van der Waals surface area contributed by atoms with Gasteiger partial charge in [-0.15, -0.1) is 0 Å². The molecule has 0 fully saturated rings. The van der Waals surface area contributed by atoms with Crippen LogP contribution in [0.4, 0.5) is 13.2 Å². The van der Waals surface area contributed by atoms with Gasteiger partial charge < -0.3 is 5.11 Å². The molecule has 0 saturated carbocycles. The highest BCUT2D eigenvalue weighted by Crippen LogP contribution is 2.29. The minimum Gasteiger partial charge on any atom is -0.392 e. The average Bonchev–Trinajstić information content (AvgIpc) is 2.27. The van der Waals surface area contributed by atoms with E-state index in [-0.39, 0.29) is 0 Å². The highest BCUT2D eigenvalue weighted by atomic mass is 19.4. The summed E-state index contributed by atoms with van der Waals surface area (Å²) in [5.41, 5.74) is 0.306. The van der Waals surface area contributed by atoms with E-state index in [1.807, 2.05) is 0 Å². The highest BCUT2D eigenvalue weighted by molar-refractivity contribution is 5.96. The fourth-order valence-corrected chi connectivity index (χ4v) is 1.33. The number of rotatable bonds is 4. The van der Waals surface area contributed by atoms with Gasteiger partial charge in [-0.3, -0.25) is 4.79 Å². The molecule has 0 spiro atoms. The Morgan fingerprint density at radius 2 is 1.82 bits per heavy atom. The van der Waals surface area contributed by atoms with E-state index in [4.69, 9.17) is 0 Å². The van der Waals surface area contributed by atoms with E-state index in [0.29, 0.717) is 5.56 Å². The zero-order valence-electron chi connectivity index (χ0n) is 9.24. The summed E-state index contributed by atoms with van der Waals surface area (Å²) in [6.45, 7) is 0.864. The number of aliphatic hydroxyl groups is 1. The lowest BCUT2D eigenvalue weighted by Crippen LogP contribution is -2.33. The van der Waals surface area contributed by atoms with E-state index in [2.05, 4.69) is 0 Å². The van der Waals surface area contributed by atoms with Gasteiger partial charge in [0.05, 0.1) is 12.0 Å². The van der Waals surface area contributed by atoms with Crippen molar-refractivity contribution in [3.8, 4) is 0 Å². The summed E-state index contributed by atoms with van der Waals surface area (Å²) < 4.78 is 36.8. The molecular weight excluding hydrogens is 233 g/mol. The third kappa shape index (κ3) is 3.85. The van der Waals surface area contributed by atoms with Gasteiger partial charge in [0.2, 0.25) is 0 Å². The molecule has 0 unspecified atom stereocenters. The lowest BCUT2D eigenvalue weighted by atomic mass is 9.96. The highest BCUT2D eigenvalue weighted by Gasteiger charge is 2.41. The monoisotopic (exact) mass is 246 g/mol. The van der Waals surface area contributed by atoms with Crippen molar-refractivity contribution in [1.82, 2.24) is 0 Å². The molecule has 0 radical (unpaired) electrons. The molecule has 1 rings (SSSR count). The van der Waals surface area contributed by atoms with E-state index in [0.717, 1.165) is 6.92 Å². The summed E-state index contributed by atoms with van der Waals surface area (Å²) in [5.74, 6) is -2.40. The Morgan fingerprint density at radius 1 is 1.29 bits per heavy atom. The maximum Gasteiger partial charge on any atom is 0.394 e. The molecule has 94 valence electrons. The van der Waals surface area contributed by atoms with Crippen molar-refractivity contribution in [2.45, 2.75) is 25.6 Å². The van der Waals surface area contributed by atoms with Crippen LogP contribution in [0.2, 0.25) is 0 Å². The second-order valence-electron chi connectivity index (χ2n) is 3.89. The topological polar surface area (TPSA) is 37.3 Å². The van der Waals surface area contributed by atoms with Crippen LogP contribution < -0.4 is 0 Å². The van der Waals surface area contributed by atoms with Crippen LogP contribution in [0.3, 0.4) is 0 Å². The van der Waals surface area contributed by atoms with Crippen molar-refractivity contribution in [2.75, 3.05) is 0 Å². The van der Waals surface area contributed by atoms with Gasteiger partial charge >= 0.3 is 6.18 Å². The maximum atomic E-state index is 12.3. The summed E-state index contributed by atoms with van der Waals surface area (Å²) in [6.07, 6.45) is -6.72. The maximum absolute atomic E-state index is 12.3. The molecule has 0 aliphatic carbocycles. The van der Waals surface area contributed by atoms with E-state index >= 15 is 0 Å². The molecule has 0 amide bonds. The normalized spacial score (nSPS) is 15.4. The molecule has 0 aliphatic heterocycles. The van der Waals surface area contributed by atoms with Gasteiger partial charge in [0.25, 0.3) is 0 Å². The fraction of sp³-hybridized carbons (Fsp3) is 0.417. The molecule has 17 heavy (non-hydrogen) atoms. The number of benzene rings is 1. The van der Waals surface area contributed by atoms with Gasteiger partial charge in [-0.2, -0.15) is 13.2 Å². The lowest BCUT2D eigenvalue weighted by molar-refractivity contribution is -0.193. The molecule has 0 heterocycles. The molecular formula is C12H13F3O2. The van der Waals surface area contributed by atoms with Crippen molar-refractivity contribution in [2.24, 2.45) is 5.92 Å². The van der Waals surface area contributed by atoms with Crippen LogP contribution in [0.5, 0.6) is 0 Å². The van der Waals surface area contributed by atoms with Crippen molar-refractivity contribution < 1.29 is 23.1 Å². The van der Waals surface area contributed by atoms with E-state index in [1.165, 1.54) is 12.1 Å². The first kappa shape index (κ1) is 13.7. The quantitative estimate of drug-likeness (QED) is 0.829. The van der Waals surface area contributed by atoms with Crippen LogP contribution in [0.25, 0.3) is 0 Å². The fourth-order valence-electron chi connectivity index (χ4n) is 1.33. The number of alkyl halides is 3. The van der Waals surface area contributed by atoms with Crippen LogP contribution in [0.1, 0.15) is 23.7 Å². The smallest absolute Gasteiger partial charge is 0.392 e. The average molecular weight is 246 g/mol. The summed E-state index contributed by atoms with van der Waals surface area (Å²) in [6, 6.07) is 7.95. The molecule has 1 aromatic carbocycles. The molecule has 0 bridgehead atoms. The van der Waals surface area contributed by atoms with Gasteiger partial charge in [0, 0.05) is 12.0 Å². The second kappa shape index (κ2) is 5.31. The number of hydrogen-bond donors (Lipinski definition) is 1. The lowest BCUT2D eigenvalue weighted by Gasteiger charge is -2.20. The van der Waals surface area contributed by atoms with E-state index in [9.17, 15) is 23.1 Å². The van der Waals surface area contributed by atoms with Gasteiger partial charge in [-0.1, -0.05) is 37.3 Å². The first-order valence-electron chi connectivity index (χ1n) is 5.15. The SMILES string of the molecule is C[C@@H]([C@H](O)CC(=O)c1ccccc1)C(F)(F)F. The van der Waals surface area contributed by atoms with Crippen molar-refractivity contribution in [1.29, 1.82) is 0 Å². The number of carbonyl (C=O) groups is 1. The Kier molecular flexibility index (Phi) is 4.28. The summed E-state index contributed by atoms with van der Waals surface area (Å²) >= 11 is 0. The van der Waals surface area contributed by atoms with Crippen molar-refractivity contribution in [3.63, 3.8) is 0 Å². The predicted octanol–water partition coefficient (Wildman–Crippen LogP) is 2.82. The van der Waals surface area contributed by atoms with Gasteiger partial charge in [-0.05, 0) is 0 Å². The molecule has 1 N–H and O–H groups in total. The first-order chi connectivity index (χ1) is 7.82. The van der Waals surface area contributed by atoms with Gasteiger partial charge in [0.15, 0.2) is 5.78 Å². The van der Waals surface area contributed by atoms with E-state index < -0.39 is 30.4 Å². The van der Waals surface area contributed by atoms with Crippen LogP contribution in [-0.2, 0) is 0 Å². The minimum absolute atomic E-state index is 0.306. The Balaban J connectivity index is 2.64. The standard InChI is InChI=1S/C12H13F3O2/c1-8(12(13,14)15)10(16)7-11(17)9-5-3-2-4-6-9/h2-6,8,10,16H,7H2,1H3/t8-,10+/m0/s1. The second-order valence-corrected chi connectivity index (χ2v) is 3.89. The van der Waals surface area contributed by atoms with Crippen molar-refractivity contribution >= 4 is 5.78 Å². The molecule has 0 aliphatic rings. The Morgan fingerprint density at radius 3 is 2.29 bits per heavy atom. The summed E-state index contributed by atoms with van der Waals surface area (Å²) in [4.78, 5) is 11.6. The number of halogens is 3. The third-order valence-electron chi connectivity index (χ3n) is 2.58. The van der Waals surface area contributed by atoms with Gasteiger partial charge in [0.1, 0.15) is 0 Å². The molecule has 1 aromatic rings. The van der Waals surface area contributed by atoms with E-state index in [1.54, 1.807) is 18.2 Å². The zero-order valence-corrected chi connectivity index (χ0v) is 9.24. The van der Waals surface area contributed by atoms with Crippen molar-refractivity contribution in [3.05, 3.63) is 35.9 Å². The Bertz CT molecular complexity index is 373. The van der Waals surface area contributed by atoms with Crippen LogP contribution >= 0.6 is 0 Å². The number of aliphatic hydroxyl groups excluding tert-OH is 1. The number of carbonyl (C=O) groups excluding carboxylic acids is 1. The van der Waals surface area contributed by atoms with Crippen LogP contribution in [0.15, 0.2) is 30.3 Å². The molecule has 0 saturated heterocycles. The first-order valence-corrected chi connectivity index (χ1v) is 5.15.